The lowest BCUT2D eigenvalue weighted by Gasteiger charge is -2.16. The van der Waals surface area contributed by atoms with Crippen molar-refractivity contribution in [3.8, 4) is 0 Å². The molecule has 12 heavy (non-hydrogen) atoms. The highest BCUT2D eigenvalue weighted by Gasteiger charge is 2.27. The molecule has 0 aromatic heterocycles. The SMILES string of the molecule is C[C@H](C(=O)O)[C@@H](C)OP(=O)(O)O. The average molecular weight is 198 g/mol. The minimum Gasteiger partial charge on any atom is -0.481 e. The van der Waals surface area contributed by atoms with Crippen molar-refractivity contribution in [2.24, 2.45) is 5.92 Å². The third-order valence-corrected chi connectivity index (χ3v) is 2.00. The Morgan fingerprint density at radius 2 is 1.83 bits per heavy atom. The molecule has 0 aromatic carbocycles. The van der Waals surface area contributed by atoms with Crippen LogP contribution in [0.5, 0.6) is 0 Å². The summed E-state index contributed by atoms with van der Waals surface area (Å²) in [6.07, 6.45) is -1.01. The number of phosphoric acid groups is 1. The number of phosphoric ester groups is 1. The molecule has 3 N–H and O–H groups in total. The highest BCUT2D eigenvalue weighted by atomic mass is 31.2. The van der Waals surface area contributed by atoms with Gasteiger partial charge in [0.2, 0.25) is 0 Å². The molecule has 0 saturated heterocycles. The van der Waals surface area contributed by atoms with E-state index in [1.54, 1.807) is 0 Å². The van der Waals surface area contributed by atoms with Crippen molar-refractivity contribution in [3.05, 3.63) is 0 Å². The van der Waals surface area contributed by atoms with Crippen LogP contribution >= 0.6 is 7.82 Å². The summed E-state index contributed by atoms with van der Waals surface area (Å²) in [4.78, 5) is 26.9. The summed E-state index contributed by atoms with van der Waals surface area (Å²) < 4.78 is 14.4. The van der Waals surface area contributed by atoms with Crippen LogP contribution in [-0.2, 0) is 13.9 Å². The fraction of sp³-hybridized carbons (Fsp3) is 0.800. The van der Waals surface area contributed by atoms with Crippen molar-refractivity contribution in [1.82, 2.24) is 0 Å². The highest BCUT2D eigenvalue weighted by molar-refractivity contribution is 7.46. The van der Waals surface area contributed by atoms with Crippen LogP contribution in [-0.4, -0.2) is 27.0 Å². The maximum absolute atomic E-state index is 10.3. The van der Waals surface area contributed by atoms with E-state index in [9.17, 15) is 9.36 Å². The summed E-state index contributed by atoms with van der Waals surface area (Å²) in [5.74, 6) is -2.10. The van der Waals surface area contributed by atoms with Crippen molar-refractivity contribution < 1.29 is 28.8 Å². The van der Waals surface area contributed by atoms with Crippen molar-refractivity contribution in [3.63, 3.8) is 0 Å². The summed E-state index contributed by atoms with van der Waals surface area (Å²) >= 11 is 0. The molecule has 0 radical (unpaired) electrons. The number of carboxylic acids is 1. The van der Waals surface area contributed by atoms with Crippen molar-refractivity contribution in [1.29, 1.82) is 0 Å². The van der Waals surface area contributed by atoms with Gasteiger partial charge in [-0.05, 0) is 13.8 Å². The van der Waals surface area contributed by atoms with Crippen LogP contribution in [0, 0.1) is 5.92 Å². The number of hydrogen-bond donors (Lipinski definition) is 3. The van der Waals surface area contributed by atoms with E-state index in [0.717, 1.165) is 0 Å². The maximum atomic E-state index is 10.3. The van der Waals surface area contributed by atoms with Crippen LogP contribution in [0.25, 0.3) is 0 Å². The van der Waals surface area contributed by atoms with Gasteiger partial charge in [-0.2, -0.15) is 0 Å². The van der Waals surface area contributed by atoms with E-state index in [-0.39, 0.29) is 0 Å². The first kappa shape index (κ1) is 11.6. The third-order valence-electron chi connectivity index (χ3n) is 1.40. The molecule has 0 saturated carbocycles. The van der Waals surface area contributed by atoms with E-state index in [1.165, 1.54) is 13.8 Å². The number of carbonyl (C=O) groups is 1. The van der Waals surface area contributed by atoms with Gasteiger partial charge in [-0.15, -0.1) is 0 Å². The van der Waals surface area contributed by atoms with Gasteiger partial charge in [0.05, 0.1) is 12.0 Å². The van der Waals surface area contributed by atoms with E-state index < -0.39 is 25.8 Å². The first-order chi connectivity index (χ1) is 5.24. The molecule has 0 bridgehead atoms. The Labute approximate surface area is 69.4 Å². The fourth-order valence-electron chi connectivity index (χ4n) is 0.509. The van der Waals surface area contributed by atoms with Crippen molar-refractivity contribution in [2.75, 3.05) is 0 Å². The van der Waals surface area contributed by atoms with Crippen LogP contribution in [0.4, 0.5) is 0 Å². The predicted octanol–water partition coefficient (Wildman–Crippen LogP) is 0.205. The predicted molar refractivity (Wildman–Crippen MR) is 39.4 cm³/mol. The van der Waals surface area contributed by atoms with Gasteiger partial charge in [-0.1, -0.05) is 0 Å². The second-order valence-electron chi connectivity index (χ2n) is 2.43. The quantitative estimate of drug-likeness (QED) is 0.557. The molecule has 0 rings (SSSR count). The van der Waals surface area contributed by atoms with Gasteiger partial charge >= 0.3 is 13.8 Å². The van der Waals surface area contributed by atoms with Crippen LogP contribution in [0.1, 0.15) is 13.8 Å². The number of carboxylic acid groups (broad SMARTS) is 1. The Kier molecular flexibility index (Phi) is 3.86. The first-order valence-electron chi connectivity index (χ1n) is 3.21. The van der Waals surface area contributed by atoms with Crippen LogP contribution < -0.4 is 0 Å². The molecule has 0 aromatic rings. The lowest BCUT2D eigenvalue weighted by atomic mass is 10.1. The molecule has 6 nitrogen and oxygen atoms in total. The Morgan fingerprint density at radius 3 is 2.08 bits per heavy atom. The molecule has 0 fully saturated rings. The molecular formula is C5H11O6P. The topological polar surface area (TPSA) is 104 Å². The summed E-state index contributed by atoms with van der Waals surface area (Å²) in [7, 11) is -4.58. The molecular weight excluding hydrogens is 187 g/mol. The molecule has 0 aliphatic carbocycles. The van der Waals surface area contributed by atoms with Crippen LogP contribution in [0.15, 0.2) is 0 Å². The van der Waals surface area contributed by atoms with E-state index in [4.69, 9.17) is 14.9 Å². The largest absolute Gasteiger partial charge is 0.481 e. The van der Waals surface area contributed by atoms with Crippen molar-refractivity contribution in [2.45, 2.75) is 20.0 Å². The van der Waals surface area contributed by atoms with Gasteiger partial charge in [-0.25, -0.2) is 4.57 Å². The molecule has 72 valence electrons. The van der Waals surface area contributed by atoms with E-state index in [1.807, 2.05) is 0 Å². The molecule has 0 unspecified atom stereocenters. The van der Waals surface area contributed by atoms with Crippen LogP contribution in [0.2, 0.25) is 0 Å². The lowest BCUT2D eigenvalue weighted by molar-refractivity contribution is -0.144. The zero-order valence-electron chi connectivity index (χ0n) is 6.67. The molecule has 0 amide bonds. The number of rotatable bonds is 4. The fourth-order valence-corrected chi connectivity index (χ4v) is 1.12. The molecule has 2 atom stereocenters. The third kappa shape index (κ3) is 4.46. The summed E-state index contributed by atoms with van der Waals surface area (Å²) in [5, 5.41) is 8.42. The smallest absolute Gasteiger partial charge is 0.469 e. The minimum absolute atomic E-state index is 0.947. The molecule has 0 aliphatic heterocycles. The molecule has 0 heterocycles. The summed E-state index contributed by atoms with van der Waals surface area (Å²) in [6, 6.07) is 0. The Morgan fingerprint density at radius 1 is 1.42 bits per heavy atom. The molecule has 7 heteroatoms. The van der Waals surface area contributed by atoms with Gasteiger partial charge < -0.3 is 14.9 Å². The van der Waals surface area contributed by atoms with Gasteiger partial charge in [0, 0.05) is 0 Å². The zero-order chi connectivity index (χ0) is 9.94. The number of aliphatic carboxylic acids is 1. The highest BCUT2D eigenvalue weighted by Crippen LogP contribution is 2.38. The molecule has 0 aliphatic rings. The molecule has 0 spiro atoms. The zero-order valence-corrected chi connectivity index (χ0v) is 7.56. The summed E-state index contributed by atoms with van der Waals surface area (Å²) in [5.41, 5.74) is 0. The van der Waals surface area contributed by atoms with Crippen LogP contribution in [0.3, 0.4) is 0 Å². The summed E-state index contributed by atoms with van der Waals surface area (Å²) in [6.45, 7) is 2.60. The number of hydrogen-bond acceptors (Lipinski definition) is 3. The van der Waals surface area contributed by atoms with Gasteiger partial charge in [0.1, 0.15) is 0 Å². The van der Waals surface area contributed by atoms with Gasteiger partial charge in [0.15, 0.2) is 0 Å². The lowest BCUT2D eigenvalue weighted by Crippen LogP contribution is -2.24. The Bertz CT molecular complexity index is 208. The van der Waals surface area contributed by atoms with E-state index in [0.29, 0.717) is 0 Å². The normalized spacial score (nSPS) is 17.0. The standard InChI is InChI=1S/C5H11O6P/c1-3(5(6)7)4(2)11-12(8,9)10/h3-4H,1-2H3,(H,6,7)(H2,8,9,10)/t3-,4+/m0/s1. The average Bonchev–Trinajstić information content (AvgIpc) is 1.82. The second kappa shape index (κ2) is 4.00. The minimum atomic E-state index is -4.58. The Hall–Kier alpha value is -0.420. The van der Waals surface area contributed by atoms with E-state index >= 15 is 0 Å². The second-order valence-corrected chi connectivity index (χ2v) is 3.62. The monoisotopic (exact) mass is 198 g/mol. The van der Waals surface area contributed by atoms with Gasteiger partial charge in [0.25, 0.3) is 0 Å². The van der Waals surface area contributed by atoms with Gasteiger partial charge in [-0.3, -0.25) is 9.32 Å². The Balaban J connectivity index is 4.13. The maximum Gasteiger partial charge on any atom is 0.469 e. The first-order valence-corrected chi connectivity index (χ1v) is 4.74. The van der Waals surface area contributed by atoms with Crippen molar-refractivity contribution >= 4 is 13.8 Å². The van der Waals surface area contributed by atoms with E-state index in [2.05, 4.69) is 4.52 Å².